The van der Waals surface area contributed by atoms with Crippen LogP contribution in [0.1, 0.15) is 30.3 Å². The Labute approximate surface area is 111 Å². The summed E-state index contributed by atoms with van der Waals surface area (Å²) in [7, 11) is 0. The van der Waals surface area contributed by atoms with Crippen molar-refractivity contribution in [2.24, 2.45) is 5.92 Å². The SMILES string of the molecule is CC(NC(=O)c1cnc(Cl)cn1)C1CCOCC1. The first-order valence-corrected chi connectivity index (χ1v) is 6.41. The van der Waals surface area contributed by atoms with E-state index in [1.165, 1.54) is 12.4 Å². The first-order chi connectivity index (χ1) is 8.66. The minimum Gasteiger partial charge on any atom is -0.381 e. The van der Waals surface area contributed by atoms with Crippen LogP contribution in [-0.2, 0) is 4.74 Å². The number of carbonyl (C=O) groups excluding carboxylic acids is 1. The van der Waals surface area contributed by atoms with Crippen LogP contribution in [0.3, 0.4) is 0 Å². The molecule has 1 saturated heterocycles. The molecular weight excluding hydrogens is 254 g/mol. The third-order valence-corrected chi connectivity index (χ3v) is 3.38. The average Bonchev–Trinajstić information content (AvgIpc) is 2.40. The van der Waals surface area contributed by atoms with Crippen molar-refractivity contribution in [1.82, 2.24) is 15.3 Å². The summed E-state index contributed by atoms with van der Waals surface area (Å²) >= 11 is 5.62. The van der Waals surface area contributed by atoms with Gasteiger partial charge in [0.25, 0.3) is 5.91 Å². The van der Waals surface area contributed by atoms with Gasteiger partial charge in [0, 0.05) is 19.3 Å². The van der Waals surface area contributed by atoms with Gasteiger partial charge in [0.15, 0.2) is 0 Å². The van der Waals surface area contributed by atoms with Crippen LogP contribution in [0, 0.1) is 5.92 Å². The maximum Gasteiger partial charge on any atom is 0.271 e. The van der Waals surface area contributed by atoms with Crippen LogP contribution in [0.25, 0.3) is 0 Å². The Balaban J connectivity index is 1.91. The molecule has 0 aromatic carbocycles. The molecule has 1 unspecified atom stereocenters. The predicted molar refractivity (Wildman–Crippen MR) is 67.5 cm³/mol. The number of nitrogens with zero attached hydrogens (tertiary/aromatic N) is 2. The van der Waals surface area contributed by atoms with Crippen molar-refractivity contribution >= 4 is 17.5 Å². The summed E-state index contributed by atoms with van der Waals surface area (Å²) in [6, 6.07) is 0.110. The fourth-order valence-corrected chi connectivity index (χ4v) is 2.14. The third-order valence-electron chi connectivity index (χ3n) is 3.18. The maximum atomic E-state index is 11.9. The van der Waals surface area contributed by atoms with Crippen LogP contribution in [0.5, 0.6) is 0 Å². The Hall–Kier alpha value is -1.20. The summed E-state index contributed by atoms with van der Waals surface area (Å²) in [6.07, 6.45) is 4.71. The van der Waals surface area contributed by atoms with E-state index in [0.717, 1.165) is 26.1 Å². The quantitative estimate of drug-likeness (QED) is 0.907. The van der Waals surface area contributed by atoms with Gasteiger partial charge in [-0.3, -0.25) is 4.79 Å². The van der Waals surface area contributed by atoms with Crippen molar-refractivity contribution in [2.45, 2.75) is 25.8 Å². The number of amides is 1. The Kier molecular flexibility index (Phi) is 4.49. The highest BCUT2D eigenvalue weighted by Crippen LogP contribution is 2.18. The number of halogens is 1. The Bertz CT molecular complexity index is 404. The number of hydrogen-bond donors (Lipinski definition) is 1. The molecule has 18 heavy (non-hydrogen) atoms. The predicted octanol–water partition coefficient (Wildman–Crippen LogP) is 1.67. The molecule has 1 atom stereocenters. The second-order valence-electron chi connectivity index (χ2n) is 4.44. The van der Waals surface area contributed by atoms with Gasteiger partial charge in [0.05, 0.1) is 12.4 Å². The summed E-state index contributed by atoms with van der Waals surface area (Å²) in [5.74, 6) is 0.251. The van der Waals surface area contributed by atoms with Crippen molar-refractivity contribution in [3.8, 4) is 0 Å². The van der Waals surface area contributed by atoms with Crippen molar-refractivity contribution in [1.29, 1.82) is 0 Å². The van der Waals surface area contributed by atoms with Crippen molar-refractivity contribution in [2.75, 3.05) is 13.2 Å². The van der Waals surface area contributed by atoms with E-state index in [1.807, 2.05) is 6.92 Å². The number of hydrogen-bond acceptors (Lipinski definition) is 4. The van der Waals surface area contributed by atoms with Crippen molar-refractivity contribution in [3.63, 3.8) is 0 Å². The van der Waals surface area contributed by atoms with E-state index in [4.69, 9.17) is 16.3 Å². The molecule has 6 heteroatoms. The molecule has 2 heterocycles. The van der Waals surface area contributed by atoms with Crippen LogP contribution < -0.4 is 5.32 Å². The molecule has 98 valence electrons. The highest BCUT2D eigenvalue weighted by atomic mass is 35.5. The lowest BCUT2D eigenvalue weighted by atomic mass is 9.93. The van der Waals surface area contributed by atoms with Crippen LogP contribution in [0.2, 0.25) is 5.15 Å². The first kappa shape index (κ1) is 13.2. The molecule has 1 aliphatic heterocycles. The molecule has 2 rings (SSSR count). The molecule has 1 aliphatic rings. The van der Waals surface area contributed by atoms with Crippen LogP contribution in [-0.4, -0.2) is 35.1 Å². The van der Waals surface area contributed by atoms with Crippen LogP contribution >= 0.6 is 11.6 Å². The molecule has 1 aromatic rings. The number of rotatable bonds is 3. The summed E-state index contributed by atoms with van der Waals surface area (Å²) in [6.45, 7) is 3.55. The number of nitrogens with one attached hydrogen (secondary N) is 1. The zero-order valence-corrected chi connectivity index (χ0v) is 11.0. The van der Waals surface area contributed by atoms with Gasteiger partial charge in [-0.2, -0.15) is 0 Å². The molecule has 0 radical (unpaired) electrons. The summed E-state index contributed by atoms with van der Waals surface area (Å²) in [4.78, 5) is 19.7. The number of carbonyl (C=O) groups is 1. The monoisotopic (exact) mass is 269 g/mol. The summed E-state index contributed by atoms with van der Waals surface area (Å²) in [5, 5.41) is 3.23. The molecule has 1 amide bonds. The van der Waals surface area contributed by atoms with E-state index in [-0.39, 0.29) is 17.1 Å². The second kappa shape index (κ2) is 6.11. The van der Waals surface area contributed by atoms with E-state index < -0.39 is 0 Å². The minimum absolute atomic E-state index is 0.110. The lowest BCUT2D eigenvalue weighted by Crippen LogP contribution is -2.40. The molecule has 1 aromatic heterocycles. The Morgan fingerprint density at radius 2 is 2.17 bits per heavy atom. The lowest BCUT2D eigenvalue weighted by Gasteiger charge is -2.28. The summed E-state index contributed by atoms with van der Waals surface area (Å²) in [5.41, 5.74) is 0.290. The van der Waals surface area contributed by atoms with Crippen LogP contribution in [0.4, 0.5) is 0 Å². The fourth-order valence-electron chi connectivity index (χ4n) is 2.04. The Morgan fingerprint density at radius 1 is 1.44 bits per heavy atom. The topological polar surface area (TPSA) is 64.1 Å². The normalized spacial score (nSPS) is 18.3. The third kappa shape index (κ3) is 3.40. The highest BCUT2D eigenvalue weighted by molar-refractivity contribution is 6.29. The number of ether oxygens (including phenoxy) is 1. The highest BCUT2D eigenvalue weighted by Gasteiger charge is 2.22. The fraction of sp³-hybridized carbons (Fsp3) is 0.583. The van der Waals surface area contributed by atoms with Gasteiger partial charge >= 0.3 is 0 Å². The van der Waals surface area contributed by atoms with E-state index in [2.05, 4.69) is 15.3 Å². The van der Waals surface area contributed by atoms with Gasteiger partial charge in [-0.05, 0) is 25.7 Å². The molecular formula is C12H16ClN3O2. The zero-order chi connectivity index (χ0) is 13.0. The molecule has 0 bridgehead atoms. The lowest BCUT2D eigenvalue weighted by molar-refractivity contribution is 0.0537. The van der Waals surface area contributed by atoms with Gasteiger partial charge in [0.1, 0.15) is 10.8 Å². The van der Waals surface area contributed by atoms with E-state index in [1.54, 1.807) is 0 Å². The average molecular weight is 270 g/mol. The molecule has 5 nitrogen and oxygen atoms in total. The van der Waals surface area contributed by atoms with Crippen molar-refractivity contribution < 1.29 is 9.53 Å². The van der Waals surface area contributed by atoms with Gasteiger partial charge in [0.2, 0.25) is 0 Å². The minimum atomic E-state index is -0.210. The zero-order valence-electron chi connectivity index (χ0n) is 10.2. The van der Waals surface area contributed by atoms with Gasteiger partial charge < -0.3 is 10.1 Å². The maximum absolute atomic E-state index is 11.9. The smallest absolute Gasteiger partial charge is 0.271 e. The Morgan fingerprint density at radius 3 is 2.78 bits per heavy atom. The van der Waals surface area contributed by atoms with Gasteiger partial charge in [-0.25, -0.2) is 9.97 Å². The standard InChI is InChI=1S/C12H16ClN3O2/c1-8(9-2-4-18-5-3-9)16-12(17)10-6-15-11(13)7-14-10/h6-9H,2-5H2,1H3,(H,16,17). The van der Waals surface area contributed by atoms with E-state index >= 15 is 0 Å². The van der Waals surface area contributed by atoms with Gasteiger partial charge in [-0.15, -0.1) is 0 Å². The first-order valence-electron chi connectivity index (χ1n) is 6.03. The largest absolute Gasteiger partial charge is 0.381 e. The van der Waals surface area contributed by atoms with E-state index in [0.29, 0.717) is 11.6 Å². The molecule has 0 aliphatic carbocycles. The van der Waals surface area contributed by atoms with Crippen LogP contribution in [0.15, 0.2) is 12.4 Å². The molecule has 0 spiro atoms. The molecule has 1 N–H and O–H groups in total. The molecule has 0 saturated carbocycles. The molecule has 1 fully saturated rings. The van der Waals surface area contributed by atoms with E-state index in [9.17, 15) is 4.79 Å². The summed E-state index contributed by atoms with van der Waals surface area (Å²) < 4.78 is 5.30. The second-order valence-corrected chi connectivity index (χ2v) is 4.82. The van der Waals surface area contributed by atoms with Crippen molar-refractivity contribution in [3.05, 3.63) is 23.2 Å². The van der Waals surface area contributed by atoms with Gasteiger partial charge in [-0.1, -0.05) is 11.6 Å². The number of aromatic nitrogens is 2.